The maximum Gasteiger partial charge on any atom is 0.252 e. The third kappa shape index (κ3) is 3.89. The number of hydrogen-bond donors (Lipinski definition) is 0. The van der Waals surface area contributed by atoms with E-state index in [1.807, 2.05) is 29.7 Å². The second-order valence-electron chi connectivity index (χ2n) is 6.13. The normalized spacial score (nSPS) is 20.3. The van der Waals surface area contributed by atoms with E-state index in [0.717, 1.165) is 14.7 Å². The van der Waals surface area contributed by atoms with Gasteiger partial charge in [-0.1, -0.05) is 17.4 Å². The molecule has 2 heterocycles. The predicted molar refractivity (Wildman–Crippen MR) is 103 cm³/mol. The van der Waals surface area contributed by atoms with Gasteiger partial charge >= 0.3 is 0 Å². The van der Waals surface area contributed by atoms with Crippen LogP contribution in [0.5, 0.6) is 0 Å². The van der Waals surface area contributed by atoms with Gasteiger partial charge in [0.2, 0.25) is 10.0 Å². The second-order valence-corrected chi connectivity index (χ2v) is 9.97. The van der Waals surface area contributed by atoms with Crippen molar-refractivity contribution < 1.29 is 13.2 Å². The van der Waals surface area contributed by atoms with E-state index >= 15 is 0 Å². The number of aryl methyl sites for hydroxylation is 1. The van der Waals surface area contributed by atoms with Gasteiger partial charge in [0.15, 0.2) is 4.80 Å². The average Bonchev–Trinajstić information content (AvgIpc) is 2.92. The van der Waals surface area contributed by atoms with E-state index in [9.17, 15) is 13.2 Å². The number of hydrogen-bond acceptors (Lipinski definition) is 4. The van der Waals surface area contributed by atoms with Gasteiger partial charge in [-0.3, -0.25) is 4.79 Å². The average molecular weight is 446 g/mol. The van der Waals surface area contributed by atoms with Crippen molar-refractivity contribution in [3.63, 3.8) is 0 Å². The number of para-hydroxylation sites is 1. The highest BCUT2D eigenvalue weighted by atomic mass is 79.9. The monoisotopic (exact) mass is 445 g/mol. The van der Waals surface area contributed by atoms with E-state index in [2.05, 4.69) is 20.9 Å². The lowest BCUT2D eigenvalue weighted by molar-refractivity contribution is -0.122. The first-order valence-corrected chi connectivity index (χ1v) is 11.6. The minimum absolute atomic E-state index is 0.224. The van der Waals surface area contributed by atoms with Crippen LogP contribution in [0.2, 0.25) is 0 Å². The molecular weight excluding hydrogens is 426 g/mol. The van der Waals surface area contributed by atoms with Gasteiger partial charge in [0.25, 0.3) is 5.91 Å². The summed E-state index contributed by atoms with van der Waals surface area (Å²) in [5, 5.41) is 0. The highest BCUT2D eigenvalue weighted by Gasteiger charge is 2.30. The number of benzene rings is 1. The van der Waals surface area contributed by atoms with E-state index in [1.165, 1.54) is 21.9 Å². The fraction of sp³-hybridized carbons (Fsp3) is 0.500. The van der Waals surface area contributed by atoms with Gasteiger partial charge in [-0.2, -0.15) is 4.99 Å². The van der Waals surface area contributed by atoms with Crippen molar-refractivity contribution in [2.75, 3.05) is 19.3 Å². The molecule has 1 aromatic carbocycles. The highest BCUT2D eigenvalue weighted by molar-refractivity contribution is 9.10. The minimum Gasteiger partial charge on any atom is -0.316 e. The summed E-state index contributed by atoms with van der Waals surface area (Å²) in [5.74, 6) is -0.610. The van der Waals surface area contributed by atoms with Crippen molar-refractivity contribution in [1.29, 1.82) is 0 Å². The molecule has 25 heavy (non-hydrogen) atoms. The van der Waals surface area contributed by atoms with Crippen molar-refractivity contribution in [1.82, 2.24) is 8.87 Å². The number of sulfonamides is 1. The molecule has 2 aromatic rings. The molecular formula is C16H20BrN3O3S2. The number of carbonyl (C=O) groups excluding carboxylic acids is 1. The quantitative estimate of drug-likeness (QED) is 0.728. The Morgan fingerprint density at radius 2 is 2.20 bits per heavy atom. The summed E-state index contributed by atoms with van der Waals surface area (Å²) in [6.45, 7) is 3.42. The Hall–Kier alpha value is -1.03. The molecule has 1 atom stereocenters. The maximum atomic E-state index is 12.7. The Bertz CT molecular complexity index is 978. The zero-order valence-corrected chi connectivity index (χ0v) is 17.3. The number of carbonyl (C=O) groups is 1. The summed E-state index contributed by atoms with van der Waals surface area (Å²) in [6.07, 6.45) is 2.55. The second kappa shape index (κ2) is 7.30. The Kier molecular flexibility index (Phi) is 5.48. The van der Waals surface area contributed by atoms with Gasteiger partial charge in [-0.15, -0.1) is 0 Å². The summed E-state index contributed by atoms with van der Waals surface area (Å²) in [6, 6.07) is 5.93. The molecule has 0 saturated carbocycles. The summed E-state index contributed by atoms with van der Waals surface area (Å²) in [7, 11) is -3.27. The van der Waals surface area contributed by atoms with Crippen molar-refractivity contribution in [3.8, 4) is 0 Å². The zero-order chi connectivity index (χ0) is 18.2. The van der Waals surface area contributed by atoms with Crippen molar-refractivity contribution >= 4 is 53.4 Å². The highest BCUT2D eigenvalue weighted by Crippen LogP contribution is 2.26. The Morgan fingerprint density at radius 3 is 2.88 bits per heavy atom. The van der Waals surface area contributed by atoms with Crippen LogP contribution in [0.15, 0.2) is 27.7 Å². The molecule has 1 unspecified atom stereocenters. The smallest absolute Gasteiger partial charge is 0.252 e. The number of nitrogens with zero attached hydrogens (tertiary/aromatic N) is 3. The molecule has 9 heteroatoms. The van der Waals surface area contributed by atoms with Crippen LogP contribution in [-0.2, 0) is 21.4 Å². The van der Waals surface area contributed by atoms with Crippen LogP contribution in [0.3, 0.4) is 0 Å². The number of piperidine rings is 1. The van der Waals surface area contributed by atoms with Crippen molar-refractivity contribution in [2.45, 2.75) is 26.3 Å². The van der Waals surface area contributed by atoms with Gasteiger partial charge in [-0.05, 0) is 47.8 Å². The molecule has 3 rings (SSSR count). The number of fused-ring (bicyclic) bond motifs is 1. The molecule has 0 spiro atoms. The van der Waals surface area contributed by atoms with E-state index in [0.29, 0.717) is 30.7 Å². The van der Waals surface area contributed by atoms with Gasteiger partial charge < -0.3 is 4.57 Å². The molecule has 1 saturated heterocycles. The molecule has 0 aliphatic carbocycles. The fourth-order valence-electron chi connectivity index (χ4n) is 3.10. The minimum atomic E-state index is -3.27. The van der Waals surface area contributed by atoms with Gasteiger partial charge in [0.1, 0.15) is 0 Å². The summed E-state index contributed by atoms with van der Waals surface area (Å²) < 4.78 is 28.9. The number of thiazole rings is 1. The molecule has 136 valence electrons. The Labute approximate surface area is 159 Å². The molecule has 6 nitrogen and oxygen atoms in total. The largest absolute Gasteiger partial charge is 0.316 e. The van der Waals surface area contributed by atoms with Gasteiger partial charge in [0, 0.05) is 24.1 Å². The van der Waals surface area contributed by atoms with Gasteiger partial charge in [0.05, 0.1) is 22.4 Å². The third-order valence-corrected chi connectivity index (χ3v) is 7.33. The first-order chi connectivity index (χ1) is 11.8. The van der Waals surface area contributed by atoms with Crippen LogP contribution >= 0.6 is 27.3 Å². The number of aromatic nitrogens is 1. The van der Waals surface area contributed by atoms with Crippen LogP contribution in [0, 0.1) is 5.92 Å². The Balaban J connectivity index is 1.96. The molecule has 1 fully saturated rings. The molecule has 1 amide bonds. The fourth-order valence-corrected chi connectivity index (χ4v) is 5.85. The van der Waals surface area contributed by atoms with Crippen molar-refractivity contribution in [3.05, 3.63) is 27.5 Å². The first kappa shape index (κ1) is 18.8. The lowest BCUT2D eigenvalue weighted by Crippen LogP contribution is -2.41. The number of rotatable bonds is 3. The molecule has 0 radical (unpaired) electrons. The van der Waals surface area contributed by atoms with Crippen LogP contribution in [0.4, 0.5) is 0 Å². The molecule has 0 bridgehead atoms. The summed E-state index contributed by atoms with van der Waals surface area (Å²) in [4.78, 5) is 17.7. The first-order valence-electron chi connectivity index (χ1n) is 8.12. The zero-order valence-electron chi connectivity index (χ0n) is 14.1. The number of amides is 1. The molecule has 0 N–H and O–H groups in total. The SMILES string of the molecule is CCn1c(=NC(=O)C2CCCN(S(C)(=O)=O)C2)sc2cccc(Br)c21. The standard InChI is InChI=1S/C16H20BrN3O3S2/c1-3-20-14-12(17)7-4-8-13(14)24-16(20)18-15(21)11-6-5-9-19(10-11)25(2,22)23/h4,7-8,11H,3,5-6,9-10H2,1-2H3. The lowest BCUT2D eigenvalue weighted by atomic mass is 9.99. The van der Waals surface area contributed by atoms with Crippen molar-refractivity contribution in [2.24, 2.45) is 10.9 Å². The third-order valence-electron chi connectivity index (χ3n) is 4.38. The van der Waals surface area contributed by atoms with Gasteiger partial charge in [-0.25, -0.2) is 12.7 Å². The predicted octanol–water partition coefficient (Wildman–Crippen LogP) is 2.58. The topological polar surface area (TPSA) is 71.7 Å². The van der Waals surface area contributed by atoms with Crippen LogP contribution in [0.1, 0.15) is 19.8 Å². The van der Waals surface area contributed by atoms with E-state index in [-0.39, 0.29) is 18.4 Å². The maximum absolute atomic E-state index is 12.7. The number of halogens is 1. The summed E-state index contributed by atoms with van der Waals surface area (Å²) >= 11 is 5.04. The summed E-state index contributed by atoms with van der Waals surface area (Å²) in [5.41, 5.74) is 1.03. The lowest BCUT2D eigenvalue weighted by Gasteiger charge is -2.28. The molecule has 1 aromatic heterocycles. The van der Waals surface area contributed by atoms with Crippen LogP contribution < -0.4 is 4.80 Å². The Morgan fingerprint density at radius 1 is 1.44 bits per heavy atom. The van der Waals surface area contributed by atoms with Crippen LogP contribution in [0.25, 0.3) is 10.2 Å². The molecule has 1 aliphatic heterocycles. The van der Waals surface area contributed by atoms with E-state index in [4.69, 9.17) is 0 Å². The molecule has 1 aliphatic rings. The van der Waals surface area contributed by atoms with E-state index in [1.54, 1.807) is 0 Å². The van der Waals surface area contributed by atoms with E-state index < -0.39 is 10.0 Å². The van der Waals surface area contributed by atoms with Crippen LogP contribution in [-0.4, -0.2) is 42.5 Å².